The van der Waals surface area contributed by atoms with Crippen molar-refractivity contribution >= 4 is 28.7 Å². The molecule has 2 aromatic carbocycles. The smallest absolute Gasteiger partial charge is 0.285 e. The summed E-state index contributed by atoms with van der Waals surface area (Å²) in [6, 6.07) is 17.8. The zero-order chi connectivity index (χ0) is 18.5. The van der Waals surface area contributed by atoms with Gasteiger partial charge in [0.05, 0.1) is 11.9 Å². The van der Waals surface area contributed by atoms with Crippen molar-refractivity contribution in [3.8, 4) is 0 Å². The second-order valence-electron chi connectivity index (χ2n) is 5.81. The zero-order valence-electron chi connectivity index (χ0n) is 14.4. The number of hydrazone groups is 1. The van der Waals surface area contributed by atoms with E-state index in [0.29, 0.717) is 5.69 Å². The van der Waals surface area contributed by atoms with Crippen LogP contribution in [0.5, 0.6) is 0 Å². The molecule has 2 N–H and O–H groups in total. The largest absolute Gasteiger partial charge is 0.378 e. The van der Waals surface area contributed by atoms with Crippen LogP contribution in [0.4, 0.5) is 11.4 Å². The van der Waals surface area contributed by atoms with Crippen molar-refractivity contribution in [2.75, 3.05) is 24.4 Å². The maximum atomic E-state index is 11.6. The number of H-pyrrole nitrogens is 1. The topological polar surface area (TPSA) is 73.4 Å². The summed E-state index contributed by atoms with van der Waals surface area (Å²) in [5, 5.41) is 10.5. The van der Waals surface area contributed by atoms with E-state index in [1.54, 1.807) is 0 Å². The first-order chi connectivity index (χ1) is 12.6. The Morgan fingerprint density at radius 3 is 2.38 bits per heavy atom. The van der Waals surface area contributed by atoms with Gasteiger partial charge >= 0.3 is 0 Å². The molecule has 0 aliphatic rings. The van der Waals surface area contributed by atoms with Gasteiger partial charge in [-0.05, 0) is 12.1 Å². The van der Waals surface area contributed by atoms with Crippen LogP contribution in [0, 0.1) is 0 Å². The maximum absolute atomic E-state index is 11.6. The van der Waals surface area contributed by atoms with Crippen LogP contribution >= 0.6 is 11.6 Å². The highest BCUT2D eigenvalue weighted by atomic mass is 35.5. The van der Waals surface area contributed by atoms with Crippen molar-refractivity contribution in [2.24, 2.45) is 5.10 Å². The minimum Gasteiger partial charge on any atom is -0.378 e. The van der Waals surface area contributed by atoms with Crippen LogP contribution in [-0.4, -0.2) is 30.0 Å². The van der Waals surface area contributed by atoms with E-state index in [4.69, 9.17) is 11.6 Å². The van der Waals surface area contributed by atoms with E-state index in [9.17, 15) is 4.79 Å². The molecule has 0 amide bonds. The van der Waals surface area contributed by atoms with Crippen molar-refractivity contribution in [3.05, 3.63) is 87.3 Å². The molecule has 0 aliphatic carbocycles. The highest BCUT2D eigenvalue weighted by molar-refractivity contribution is 6.32. The monoisotopic (exact) mass is 367 g/mol. The van der Waals surface area contributed by atoms with E-state index in [2.05, 4.69) is 20.7 Å². The van der Waals surface area contributed by atoms with Gasteiger partial charge in [0.2, 0.25) is 0 Å². The molecule has 26 heavy (non-hydrogen) atoms. The molecule has 1 aromatic heterocycles. The van der Waals surface area contributed by atoms with Crippen LogP contribution in [0.15, 0.2) is 70.7 Å². The summed E-state index contributed by atoms with van der Waals surface area (Å²) in [5.74, 6) is 0. The highest BCUT2D eigenvalue weighted by Gasteiger charge is 2.09. The van der Waals surface area contributed by atoms with Crippen LogP contribution in [0.2, 0.25) is 5.02 Å². The summed E-state index contributed by atoms with van der Waals surface area (Å²) in [7, 11) is 3.98. The van der Waals surface area contributed by atoms with Crippen LogP contribution in [0.25, 0.3) is 0 Å². The predicted octanol–water partition coefficient (Wildman–Crippen LogP) is 3.35. The molecule has 0 spiro atoms. The molecule has 0 radical (unpaired) electrons. The number of hydrogen-bond acceptors (Lipinski definition) is 5. The number of hydrogen-bond donors (Lipinski definition) is 2. The Balaban J connectivity index is 2.01. The number of nitrogens with one attached hydrogen (secondary N) is 2. The Morgan fingerprint density at radius 1 is 1.08 bits per heavy atom. The lowest BCUT2D eigenvalue weighted by molar-refractivity contribution is 0.987. The Labute approximate surface area is 156 Å². The van der Waals surface area contributed by atoms with Crippen molar-refractivity contribution in [1.29, 1.82) is 0 Å². The minimum absolute atomic E-state index is 0.0131. The molecule has 0 unspecified atom stereocenters. The fraction of sp³-hybridized carbons (Fsp3) is 0.105. The predicted molar refractivity (Wildman–Crippen MR) is 106 cm³/mol. The first-order valence-corrected chi connectivity index (χ1v) is 8.34. The number of aromatic nitrogens is 2. The summed E-state index contributed by atoms with van der Waals surface area (Å²) in [6.45, 7) is 0. The number of anilines is 2. The van der Waals surface area contributed by atoms with Gasteiger partial charge in [-0.15, -0.1) is 0 Å². The lowest BCUT2D eigenvalue weighted by atomic mass is 10.0. The Morgan fingerprint density at radius 2 is 1.73 bits per heavy atom. The molecular formula is C19H18ClN5O. The summed E-state index contributed by atoms with van der Waals surface area (Å²) in [4.78, 5) is 13.6. The van der Waals surface area contributed by atoms with Gasteiger partial charge < -0.3 is 4.90 Å². The van der Waals surface area contributed by atoms with Gasteiger partial charge in [-0.1, -0.05) is 54.1 Å². The van der Waals surface area contributed by atoms with Crippen molar-refractivity contribution < 1.29 is 0 Å². The lowest BCUT2D eigenvalue weighted by Gasteiger charge is -2.14. The van der Waals surface area contributed by atoms with Crippen LogP contribution < -0.4 is 15.9 Å². The molecule has 3 aromatic rings. The van der Waals surface area contributed by atoms with Crippen LogP contribution in [0.3, 0.4) is 0 Å². The second kappa shape index (κ2) is 7.84. The third kappa shape index (κ3) is 3.92. The quantitative estimate of drug-likeness (QED) is 0.535. The van der Waals surface area contributed by atoms with Crippen molar-refractivity contribution in [1.82, 2.24) is 10.2 Å². The summed E-state index contributed by atoms with van der Waals surface area (Å²) < 4.78 is 0. The van der Waals surface area contributed by atoms with E-state index >= 15 is 0 Å². The summed E-state index contributed by atoms with van der Waals surface area (Å²) in [6.07, 6.45) is 1.42. The van der Waals surface area contributed by atoms with E-state index in [0.717, 1.165) is 22.5 Å². The summed E-state index contributed by atoms with van der Waals surface area (Å²) in [5.41, 5.74) is 6.42. The standard InChI is InChI=1S/C19H18ClN5O/c1-25(2)15-10-8-14(9-11-15)18(13-6-4-3-5-7-13)23-22-16-12-21-24-19(26)17(16)20/h3-12H,1-2H3,(H2,22,24,26)/b23-18-. The van der Waals surface area contributed by atoms with Gasteiger partial charge in [-0.3, -0.25) is 10.2 Å². The van der Waals surface area contributed by atoms with Gasteiger partial charge in [0.25, 0.3) is 5.56 Å². The van der Waals surface area contributed by atoms with E-state index in [1.165, 1.54) is 6.20 Å². The molecule has 6 nitrogen and oxygen atoms in total. The third-order valence-corrected chi connectivity index (χ3v) is 4.16. The Kier molecular flexibility index (Phi) is 5.34. The molecule has 0 bridgehead atoms. The van der Waals surface area contributed by atoms with E-state index in [-0.39, 0.29) is 5.02 Å². The van der Waals surface area contributed by atoms with Gasteiger partial charge in [0.1, 0.15) is 10.7 Å². The molecule has 0 saturated heterocycles. The molecule has 1 heterocycles. The molecule has 0 fully saturated rings. The average Bonchev–Trinajstić information content (AvgIpc) is 2.66. The average molecular weight is 368 g/mol. The van der Waals surface area contributed by atoms with Gasteiger partial charge in [-0.2, -0.15) is 10.2 Å². The number of rotatable bonds is 5. The van der Waals surface area contributed by atoms with Gasteiger partial charge in [0, 0.05) is 30.9 Å². The number of halogens is 1. The van der Waals surface area contributed by atoms with Gasteiger partial charge in [0.15, 0.2) is 0 Å². The first-order valence-electron chi connectivity index (χ1n) is 7.96. The Bertz CT molecular complexity index is 965. The molecular weight excluding hydrogens is 350 g/mol. The van der Waals surface area contributed by atoms with Crippen LogP contribution in [0.1, 0.15) is 11.1 Å². The van der Waals surface area contributed by atoms with Crippen molar-refractivity contribution in [2.45, 2.75) is 0 Å². The highest BCUT2D eigenvalue weighted by Crippen LogP contribution is 2.18. The number of benzene rings is 2. The first kappa shape index (κ1) is 17.7. The fourth-order valence-electron chi connectivity index (χ4n) is 2.39. The fourth-order valence-corrected chi connectivity index (χ4v) is 2.52. The second-order valence-corrected chi connectivity index (χ2v) is 6.18. The van der Waals surface area contributed by atoms with E-state index < -0.39 is 5.56 Å². The zero-order valence-corrected chi connectivity index (χ0v) is 15.2. The van der Waals surface area contributed by atoms with Crippen molar-refractivity contribution in [3.63, 3.8) is 0 Å². The molecule has 0 atom stereocenters. The molecule has 7 heteroatoms. The molecule has 0 aliphatic heterocycles. The molecule has 0 saturated carbocycles. The summed E-state index contributed by atoms with van der Waals surface area (Å²) >= 11 is 6.00. The van der Waals surface area contributed by atoms with Crippen LogP contribution in [-0.2, 0) is 0 Å². The third-order valence-electron chi connectivity index (χ3n) is 3.79. The number of nitrogens with zero attached hydrogens (tertiary/aromatic N) is 3. The Hall–Kier alpha value is -3.12. The molecule has 132 valence electrons. The van der Waals surface area contributed by atoms with E-state index in [1.807, 2.05) is 73.6 Å². The minimum atomic E-state index is -0.469. The normalized spacial score (nSPS) is 11.3. The molecule has 3 rings (SSSR count). The SMILES string of the molecule is CN(C)c1ccc(/C(=N\Nc2cn[nH]c(=O)c2Cl)c2ccccc2)cc1. The lowest BCUT2D eigenvalue weighted by Crippen LogP contribution is -2.12. The number of aromatic amines is 1. The van der Waals surface area contributed by atoms with Gasteiger partial charge in [-0.25, -0.2) is 5.10 Å². The maximum Gasteiger partial charge on any atom is 0.285 e.